The van der Waals surface area contributed by atoms with Crippen molar-refractivity contribution < 1.29 is 29.0 Å². The Balaban J connectivity index is 1.62. The van der Waals surface area contributed by atoms with Gasteiger partial charge >= 0.3 is 5.97 Å². The van der Waals surface area contributed by atoms with Crippen molar-refractivity contribution in [3.63, 3.8) is 0 Å². The van der Waals surface area contributed by atoms with Crippen molar-refractivity contribution in [2.75, 3.05) is 19.1 Å². The molecule has 1 fully saturated rings. The van der Waals surface area contributed by atoms with Crippen LogP contribution in [0, 0.1) is 0 Å². The van der Waals surface area contributed by atoms with Gasteiger partial charge in [0.1, 0.15) is 18.1 Å². The molecule has 0 saturated heterocycles. The first kappa shape index (κ1) is 28.6. The number of nitrogens with one attached hydrogen (secondary N) is 1. The van der Waals surface area contributed by atoms with E-state index in [9.17, 15) is 19.5 Å². The Labute approximate surface area is 243 Å². The fraction of sp³-hybridized carbons (Fsp3) is 0.323. The molecule has 1 heterocycles. The third-order valence-corrected chi connectivity index (χ3v) is 7.50. The van der Waals surface area contributed by atoms with E-state index in [2.05, 4.69) is 15.6 Å². The lowest BCUT2D eigenvalue weighted by atomic mass is 9.94. The van der Waals surface area contributed by atoms with Crippen molar-refractivity contribution in [1.82, 2.24) is 20.3 Å². The molecule has 11 heteroatoms. The number of aromatic hydroxyl groups is 1. The van der Waals surface area contributed by atoms with E-state index in [1.54, 1.807) is 42.5 Å². The molecule has 2 amide bonds. The Kier molecular flexibility index (Phi) is 8.66. The first-order valence-corrected chi connectivity index (χ1v) is 13.9. The quantitative estimate of drug-likeness (QED) is 0.286. The molecule has 0 spiro atoms. The number of esters is 1. The average Bonchev–Trinajstić information content (AvgIpc) is 3.42. The smallest absolute Gasteiger partial charge is 0.337 e. The molecule has 1 aromatic heterocycles. The van der Waals surface area contributed by atoms with Gasteiger partial charge in [0.2, 0.25) is 11.8 Å². The fourth-order valence-corrected chi connectivity index (χ4v) is 5.40. The highest BCUT2D eigenvalue weighted by molar-refractivity contribution is 6.02. The summed E-state index contributed by atoms with van der Waals surface area (Å²) in [7, 11) is 2.70. The number of fused-ring (bicyclic) bond motifs is 1. The Morgan fingerprint density at radius 2 is 1.81 bits per heavy atom. The number of aromatic nitrogens is 3. The summed E-state index contributed by atoms with van der Waals surface area (Å²) in [6.07, 6.45) is 4.79. The lowest BCUT2D eigenvalue weighted by Crippen LogP contribution is -2.48. The summed E-state index contributed by atoms with van der Waals surface area (Å²) < 4.78 is 11.6. The van der Waals surface area contributed by atoms with E-state index < -0.39 is 23.8 Å². The molecule has 4 aromatic rings. The zero-order chi connectivity index (χ0) is 29.6. The zero-order valence-corrected chi connectivity index (χ0v) is 23.5. The second-order valence-electron chi connectivity index (χ2n) is 10.2. The lowest BCUT2D eigenvalue weighted by Gasteiger charge is -2.33. The van der Waals surface area contributed by atoms with Gasteiger partial charge in [0.15, 0.2) is 11.5 Å². The third-order valence-electron chi connectivity index (χ3n) is 7.50. The molecule has 1 aliphatic rings. The Bertz CT molecular complexity index is 1600. The maximum Gasteiger partial charge on any atom is 0.337 e. The summed E-state index contributed by atoms with van der Waals surface area (Å²) in [4.78, 5) is 42.2. The molecule has 0 bridgehead atoms. The van der Waals surface area contributed by atoms with Crippen LogP contribution in [0.15, 0.2) is 66.7 Å². The largest absolute Gasteiger partial charge is 0.504 e. The van der Waals surface area contributed by atoms with E-state index in [1.807, 2.05) is 12.1 Å². The number of anilines is 1. The van der Waals surface area contributed by atoms with E-state index in [4.69, 9.17) is 9.47 Å². The molecule has 1 saturated carbocycles. The van der Waals surface area contributed by atoms with Crippen LogP contribution >= 0.6 is 0 Å². The standard InChI is InChI=1S/C31H33N5O6/c1-41-27-16-15-20(18-26(27)37)29(30(39)32-22-10-4-3-5-11-22)36(23-12-8-9-21(17-23)31(40)42-2)28(38)19-35-25-14-7-6-13-24(25)33-34-35/h6-9,12-18,22,29,37H,3-5,10-11,19H2,1-2H3,(H,32,39)/t29-/m0/s1. The van der Waals surface area contributed by atoms with Crippen molar-refractivity contribution in [2.24, 2.45) is 0 Å². The summed E-state index contributed by atoms with van der Waals surface area (Å²) in [5, 5.41) is 22.1. The van der Waals surface area contributed by atoms with Crippen LogP contribution in [0.1, 0.15) is 54.1 Å². The summed E-state index contributed by atoms with van der Waals surface area (Å²) >= 11 is 0. The molecule has 11 nitrogen and oxygen atoms in total. The van der Waals surface area contributed by atoms with Gasteiger partial charge in [0.05, 0.1) is 25.3 Å². The molecule has 2 N–H and O–H groups in total. The van der Waals surface area contributed by atoms with Gasteiger partial charge in [-0.2, -0.15) is 0 Å². The SMILES string of the molecule is COC(=O)c1cccc(N(C(=O)Cn2nnc3ccccc32)[C@H](C(=O)NC2CCCCC2)c2ccc(OC)c(O)c2)c1. The van der Waals surface area contributed by atoms with Crippen LogP contribution in [0.5, 0.6) is 11.5 Å². The Hall–Kier alpha value is -4.93. The van der Waals surface area contributed by atoms with E-state index >= 15 is 0 Å². The average molecular weight is 572 g/mol. The van der Waals surface area contributed by atoms with Gasteiger partial charge in [-0.3, -0.25) is 14.5 Å². The van der Waals surface area contributed by atoms with Gasteiger partial charge in [-0.15, -0.1) is 5.10 Å². The van der Waals surface area contributed by atoms with Gasteiger partial charge in [0, 0.05) is 11.7 Å². The highest BCUT2D eigenvalue weighted by Crippen LogP contribution is 2.35. The van der Waals surface area contributed by atoms with E-state index in [-0.39, 0.29) is 29.6 Å². The van der Waals surface area contributed by atoms with Crippen molar-refractivity contribution in [2.45, 2.75) is 50.7 Å². The number of hydrogen-bond acceptors (Lipinski definition) is 8. The minimum absolute atomic E-state index is 0.0433. The van der Waals surface area contributed by atoms with Crippen molar-refractivity contribution in [3.8, 4) is 11.5 Å². The first-order chi connectivity index (χ1) is 20.4. The minimum Gasteiger partial charge on any atom is -0.504 e. The molecule has 0 radical (unpaired) electrons. The molecule has 1 aliphatic carbocycles. The Morgan fingerprint density at radius 1 is 1.02 bits per heavy atom. The monoisotopic (exact) mass is 571 g/mol. The number of ether oxygens (including phenoxy) is 2. The number of rotatable bonds is 9. The number of phenols is 1. The van der Waals surface area contributed by atoms with Crippen LogP contribution in [0.4, 0.5) is 5.69 Å². The van der Waals surface area contributed by atoms with Crippen molar-refractivity contribution >= 4 is 34.5 Å². The van der Waals surface area contributed by atoms with Crippen LogP contribution < -0.4 is 15.0 Å². The minimum atomic E-state index is -1.20. The number of hydrogen-bond donors (Lipinski definition) is 2. The summed E-state index contributed by atoms with van der Waals surface area (Å²) in [5.41, 5.74) is 2.15. The number of carbonyl (C=O) groups is 3. The maximum atomic E-state index is 14.3. The number of benzene rings is 3. The predicted octanol–water partition coefficient (Wildman–Crippen LogP) is 4.16. The highest BCUT2D eigenvalue weighted by Gasteiger charge is 2.35. The molecular formula is C31H33N5O6. The second kappa shape index (κ2) is 12.7. The molecular weight excluding hydrogens is 538 g/mol. The van der Waals surface area contributed by atoms with Gasteiger partial charge in [0.25, 0.3) is 0 Å². The number of methoxy groups -OCH3 is 2. The van der Waals surface area contributed by atoms with Crippen LogP contribution in [-0.4, -0.2) is 58.1 Å². The second-order valence-corrected chi connectivity index (χ2v) is 10.2. The highest BCUT2D eigenvalue weighted by atomic mass is 16.5. The topological polar surface area (TPSA) is 136 Å². The van der Waals surface area contributed by atoms with Gasteiger partial charge in [-0.05, 0) is 60.9 Å². The van der Waals surface area contributed by atoms with Crippen LogP contribution in [0.2, 0.25) is 0 Å². The van der Waals surface area contributed by atoms with E-state index in [0.717, 1.165) is 32.1 Å². The molecule has 218 valence electrons. The van der Waals surface area contributed by atoms with Crippen molar-refractivity contribution in [3.05, 3.63) is 77.9 Å². The van der Waals surface area contributed by atoms with Gasteiger partial charge < -0.3 is 19.9 Å². The number of amides is 2. The molecule has 1 atom stereocenters. The van der Waals surface area contributed by atoms with Crippen molar-refractivity contribution in [1.29, 1.82) is 0 Å². The van der Waals surface area contributed by atoms with E-state index in [0.29, 0.717) is 22.3 Å². The van der Waals surface area contributed by atoms with E-state index in [1.165, 1.54) is 35.9 Å². The summed E-state index contributed by atoms with van der Waals surface area (Å²) in [6.45, 7) is -0.238. The number of nitrogens with zero attached hydrogens (tertiary/aromatic N) is 4. The number of carbonyl (C=O) groups excluding carboxylic acids is 3. The Morgan fingerprint density at radius 3 is 2.55 bits per heavy atom. The molecule has 3 aromatic carbocycles. The summed E-state index contributed by atoms with van der Waals surface area (Å²) in [5.74, 6) is -1.43. The normalized spacial score (nSPS) is 14.2. The maximum absolute atomic E-state index is 14.3. The molecule has 0 unspecified atom stereocenters. The first-order valence-electron chi connectivity index (χ1n) is 13.9. The third kappa shape index (κ3) is 6.04. The molecule has 42 heavy (non-hydrogen) atoms. The zero-order valence-electron chi connectivity index (χ0n) is 23.5. The van der Waals surface area contributed by atoms with Gasteiger partial charge in [-0.1, -0.05) is 48.7 Å². The van der Waals surface area contributed by atoms with Crippen LogP contribution in [-0.2, 0) is 20.9 Å². The van der Waals surface area contributed by atoms with Gasteiger partial charge in [-0.25, -0.2) is 9.48 Å². The van der Waals surface area contributed by atoms with Crippen LogP contribution in [0.3, 0.4) is 0 Å². The molecule has 5 rings (SSSR count). The number of phenolic OH excluding ortho intramolecular Hbond substituents is 1. The van der Waals surface area contributed by atoms with Crippen LogP contribution in [0.25, 0.3) is 11.0 Å². The molecule has 0 aliphatic heterocycles. The number of para-hydroxylation sites is 1. The predicted molar refractivity (Wildman–Crippen MR) is 155 cm³/mol. The lowest BCUT2D eigenvalue weighted by molar-refractivity contribution is -0.127. The fourth-order valence-electron chi connectivity index (χ4n) is 5.40. The summed E-state index contributed by atoms with van der Waals surface area (Å²) in [6, 6.07) is 17.0.